The van der Waals surface area contributed by atoms with Crippen LogP contribution >= 0.6 is 23.2 Å². The summed E-state index contributed by atoms with van der Waals surface area (Å²) in [6.45, 7) is 0. The topological polar surface area (TPSA) is 55.6 Å². The first kappa shape index (κ1) is 13.1. The Morgan fingerprint density at radius 2 is 2.12 bits per heavy atom. The minimum atomic E-state index is -0.253. The van der Waals surface area contributed by atoms with Gasteiger partial charge in [0.2, 0.25) is 5.91 Å². The highest BCUT2D eigenvalue weighted by molar-refractivity contribution is 6.35. The molecule has 0 heterocycles. The summed E-state index contributed by atoms with van der Waals surface area (Å²) < 4.78 is 5.11. The van der Waals surface area contributed by atoms with Crippen LogP contribution in [0.1, 0.15) is 5.56 Å². The Morgan fingerprint density at radius 3 is 2.62 bits per heavy atom. The molecule has 0 spiro atoms. The molecule has 0 radical (unpaired) electrons. The zero-order valence-electron chi connectivity index (χ0n) is 8.96. The summed E-state index contributed by atoms with van der Waals surface area (Å²) in [5.41, 5.74) is 0.613. The van der Waals surface area contributed by atoms with Crippen LogP contribution in [-0.2, 0) is 11.2 Å². The number of methoxy groups -OCH3 is 1. The lowest BCUT2D eigenvalue weighted by Gasteiger charge is -2.13. The number of nitrogens with zero attached hydrogens (tertiary/aromatic N) is 1. The van der Waals surface area contributed by atoms with Gasteiger partial charge in [-0.2, -0.15) is 0 Å². The standard InChI is InChI=1S/C10H12Cl2N2O2/c1-14(13)9(15)4-6-3-7(11)5-8(12)10(6)16-2/h3,5H,4,13H2,1-2H3. The number of hydrogen-bond donors (Lipinski definition) is 1. The summed E-state index contributed by atoms with van der Waals surface area (Å²) in [4.78, 5) is 11.5. The average molecular weight is 263 g/mol. The summed E-state index contributed by atoms with van der Waals surface area (Å²) in [6.07, 6.45) is 0.0937. The van der Waals surface area contributed by atoms with Crippen molar-refractivity contribution in [3.8, 4) is 5.75 Å². The van der Waals surface area contributed by atoms with E-state index in [4.69, 9.17) is 33.8 Å². The second-order valence-electron chi connectivity index (χ2n) is 3.26. The summed E-state index contributed by atoms with van der Waals surface area (Å²) in [5, 5.41) is 1.83. The van der Waals surface area contributed by atoms with Gasteiger partial charge >= 0.3 is 0 Å². The first-order valence-corrected chi connectivity index (χ1v) is 5.24. The number of carbonyl (C=O) groups is 1. The first-order chi connectivity index (χ1) is 7.45. The molecule has 0 atom stereocenters. The van der Waals surface area contributed by atoms with E-state index in [1.165, 1.54) is 14.2 Å². The lowest BCUT2D eigenvalue weighted by Crippen LogP contribution is -2.34. The number of hydrogen-bond acceptors (Lipinski definition) is 3. The van der Waals surface area contributed by atoms with Crippen LogP contribution in [0.15, 0.2) is 12.1 Å². The molecule has 2 N–H and O–H groups in total. The second kappa shape index (κ2) is 5.39. The molecule has 0 fully saturated rings. The van der Waals surface area contributed by atoms with E-state index in [1.54, 1.807) is 12.1 Å². The Bertz CT molecular complexity index is 408. The molecule has 0 aliphatic rings. The van der Waals surface area contributed by atoms with Gasteiger partial charge in [0.25, 0.3) is 0 Å². The Labute approximate surface area is 104 Å². The van der Waals surface area contributed by atoms with E-state index in [-0.39, 0.29) is 12.3 Å². The van der Waals surface area contributed by atoms with Gasteiger partial charge in [-0.15, -0.1) is 0 Å². The molecular formula is C10H12Cl2N2O2. The van der Waals surface area contributed by atoms with E-state index in [1.807, 2.05) is 0 Å². The second-order valence-corrected chi connectivity index (χ2v) is 4.11. The van der Waals surface area contributed by atoms with Gasteiger partial charge < -0.3 is 4.74 Å². The predicted molar refractivity (Wildman–Crippen MR) is 63.7 cm³/mol. The number of halogens is 2. The quantitative estimate of drug-likeness (QED) is 0.514. The molecule has 0 aliphatic heterocycles. The fourth-order valence-electron chi connectivity index (χ4n) is 1.26. The van der Waals surface area contributed by atoms with E-state index in [9.17, 15) is 4.79 Å². The van der Waals surface area contributed by atoms with E-state index >= 15 is 0 Å². The number of ether oxygens (including phenoxy) is 1. The Morgan fingerprint density at radius 1 is 1.50 bits per heavy atom. The van der Waals surface area contributed by atoms with E-state index in [0.29, 0.717) is 21.4 Å². The third kappa shape index (κ3) is 3.01. The van der Waals surface area contributed by atoms with Crippen molar-refractivity contribution < 1.29 is 9.53 Å². The van der Waals surface area contributed by atoms with Crippen LogP contribution in [0.5, 0.6) is 5.75 Å². The lowest BCUT2D eigenvalue weighted by molar-refractivity contribution is -0.129. The van der Waals surface area contributed by atoms with Crippen molar-refractivity contribution in [1.82, 2.24) is 5.01 Å². The SMILES string of the molecule is COc1c(Cl)cc(Cl)cc1CC(=O)N(C)N. The van der Waals surface area contributed by atoms with E-state index in [0.717, 1.165) is 5.01 Å². The fourth-order valence-corrected chi connectivity index (χ4v) is 1.87. The largest absolute Gasteiger partial charge is 0.495 e. The predicted octanol–water partition coefficient (Wildman–Crippen LogP) is 1.88. The van der Waals surface area contributed by atoms with Gasteiger partial charge in [-0.25, -0.2) is 5.84 Å². The minimum Gasteiger partial charge on any atom is -0.495 e. The lowest BCUT2D eigenvalue weighted by atomic mass is 10.1. The molecular weight excluding hydrogens is 251 g/mol. The van der Waals surface area contributed by atoms with Gasteiger partial charge in [-0.05, 0) is 12.1 Å². The molecule has 1 aromatic carbocycles. The van der Waals surface area contributed by atoms with Crippen molar-refractivity contribution in [1.29, 1.82) is 0 Å². The first-order valence-electron chi connectivity index (χ1n) is 4.49. The van der Waals surface area contributed by atoms with Crippen molar-refractivity contribution in [3.63, 3.8) is 0 Å². The van der Waals surface area contributed by atoms with Gasteiger partial charge in [0.15, 0.2) is 0 Å². The summed E-state index contributed by atoms with van der Waals surface area (Å²) in [5.74, 6) is 5.52. The molecule has 0 saturated heterocycles. The number of benzene rings is 1. The number of amides is 1. The molecule has 1 rings (SSSR count). The van der Waals surface area contributed by atoms with E-state index < -0.39 is 0 Å². The summed E-state index contributed by atoms with van der Waals surface area (Å²) >= 11 is 11.8. The van der Waals surface area contributed by atoms with Crippen molar-refractivity contribution in [3.05, 3.63) is 27.7 Å². The van der Waals surface area contributed by atoms with Crippen LogP contribution in [0.2, 0.25) is 10.0 Å². The van der Waals surface area contributed by atoms with Crippen molar-refractivity contribution in [2.45, 2.75) is 6.42 Å². The van der Waals surface area contributed by atoms with Gasteiger partial charge in [-0.1, -0.05) is 23.2 Å². The number of rotatable bonds is 3. The smallest absolute Gasteiger partial charge is 0.240 e. The molecule has 0 unspecified atom stereocenters. The molecule has 4 nitrogen and oxygen atoms in total. The number of likely N-dealkylation sites (N-methyl/N-ethyl adjacent to an activating group) is 1. The van der Waals surface area contributed by atoms with Crippen LogP contribution in [-0.4, -0.2) is 25.1 Å². The van der Waals surface area contributed by atoms with Crippen LogP contribution in [0, 0.1) is 0 Å². The number of carbonyl (C=O) groups excluding carboxylic acids is 1. The summed E-state index contributed by atoms with van der Waals surface area (Å²) in [7, 11) is 2.95. The summed E-state index contributed by atoms with van der Waals surface area (Å²) in [6, 6.07) is 3.19. The minimum absolute atomic E-state index is 0.0937. The molecule has 0 bridgehead atoms. The third-order valence-corrected chi connectivity index (χ3v) is 2.52. The fraction of sp³-hybridized carbons (Fsp3) is 0.300. The Balaban J connectivity index is 3.07. The molecule has 1 amide bonds. The van der Waals surface area contributed by atoms with Gasteiger partial charge in [-0.3, -0.25) is 9.80 Å². The molecule has 0 saturated carbocycles. The Hall–Kier alpha value is -0.970. The van der Waals surface area contributed by atoms with Gasteiger partial charge in [0.05, 0.1) is 18.6 Å². The van der Waals surface area contributed by atoms with E-state index in [2.05, 4.69) is 0 Å². The van der Waals surface area contributed by atoms with Crippen LogP contribution in [0.4, 0.5) is 0 Å². The van der Waals surface area contributed by atoms with Crippen LogP contribution in [0.25, 0.3) is 0 Å². The zero-order valence-corrected chi connectivity index (χ0v) is 10.5. The molecule has 1 aromatic rings. The molecule has 0 aromatic heterocycles. The average Bonchev–Trinajstić information content (AvgIpc) is 2.16. The van der Waals surface area contributed by atoms with Crippen molar-refractivity contribution >= 4 is 29.1 Å². The molecule has 0 aliphatic carbocycles. The highest BCUT2D eigenvalue weighted by Gasteiger charge is 2.14. The number of nitrogens with two attached hydrogens (primary N) is 1. The monoisotopic (exact) mass is 262 g/mol. The Kier molecular flexibility index (Phi) is 4.41. The van der Waals surface area contributed by atoms with Crippen molar-refractivity contribution in [2.75, 3.05) is 14.2 Å². The van der Waals surface area contributed by atoms with Gasteiger partial charge in [0, 0.05) is 17.6 Å². The van der Waals surface area contributed by atoms with Crippen molar-refractivity contribution in [2.24, 2.45) is 5.84 Å². The molecule has 16 heavy (non-hydrogen) atoms. The highest BCUT2D eigenvalue weighted by Crippen LogP contribution is 2.32. The van der Waals surface area contributed by atoms with Crippen LogP contribution in [0.3, 0.4) is 0 Å². The van der Waals surface area contributed by atoms with Crippen LogP contribution < -0.4 is 10.6 Å². The maximum absolute atomic E-state index is 11.5. The highest BCUT2D eigenvalue weighted by atomic mass is 35.5. The third-order valence-electron chi connectivity index (χ3n) is 2.02. The maximum Gasteiger partial charge on any atom is 0.240 e. The van der Waals surface area contributed by atoms with Gasteiger partial charge in [0.1, 0.15) is 5.75 Å². The molecule has 6 heteroatoms. The molecule has 88 valence electrons. The number of hydrazine groups is 1. The normalized spacial score (nSPS) is 10.1. The zero-order chi connectivity index (χ0) is 12.3. The maximum atomic E-state index is 11.5.